The first-order valence-electron chi connectivity index (χ1n) is 6.24. The minimum Gasteiger partial charge on any atom is -0.435 e. The van der Waals surface area contributed by atoms with E-state index in [1.54, 1.807) is 0 Å². The molecule has 1 heterocycles. The molecule has 0 saturated carbocycles. The predicted octanol–water partition coefficient (Wildman–Crippen LogP) is 1.96. The highest BCUT2D eigenvalue weighted by atomic mass is 32.2. The lowest BCUT2D eigenvalue weighted by atomic mass is 10.3. The Bertz CT molecular complexity index is 705. The Balaban J connectivity index is 2.25. The molecule has 2 aromatic rings. The summed E-state index contributed by atoms with van der Waals surface area (Å²) >= 11 is 0.958. The van der Waals surface area contributed by atoms with E-state index in [1.807, 2.05) is 0 Å². The average molecular weight is 329 g/mol. The first kappa shape index (κ1) is 16.2. The normalized spacial score (nSPS) is 12.4. The number of rotatable bonds is 6. The minimum absolute atomic E-state index is 0.00267. The number of Topliss-reactive ketones (excluding diaryl/α,β-unsaturated/α-hetero) is 1. The molecular formula is C13H13F2N3O3S. The smallest absolute Gasteiger partial charge is 0.387 e. The highest BCUT2D eigenvalue weighted by Gasteiger charge is 2.25. The van der Waals surface area contributed by atoms with Gasteiger partial charge < -0.3 is 15.0 Å². The van der Waals surface area contributed by atoms with E-state index in [2.05, 4.69) is 20.0 Å². The number of carbonyl (C=O) groups excluding carboxylic acids is 2. The molecule has 0 fully saturated rings. The summed E-state index contributed by atoms with van der Waals surface area (Å²) in [6, 6.07) is 4.25. The fourth-order valence-corrected chi connectivity index (χ4v) is 2.70. The van der Waals surface area contributed by atoms with Crippen LogP contribution >= 0.6 is 11.8 Å². The van der Waals surface area contributed by atoms with Crippen LogP contribution in [0.2, 0.25) is 0 Å². The lowest BCUT2D eigenvalue weighted by Crippen LogP contribution is -2.34. The number of nitrogens with one attached hydrogen (secondary N) is 2. The van der Waals surface area contributed by atoms with Gasteiger partial charge in [0.1, 0.15) is 11.0 Å². The first-order valence-corrected chi connectivity index (χ1v) is 7.12. The molecule has 0 saturated heterocycles. The van der Waals surface area contributed by atoms with Gasteiger partial charge in [-0.3, -0.25) is 9.59 Å². The number of fused-ring (bicyclic) bond motifs is 1. The summed E-state index contributed by atoms with van der Waals surface area (Å²) in [6.07, 6.45) is 0. The van der Waals surface area contributed by atoms with Gasteiger partial charge in [0.2, 0.25) is 5.91 Å². The van der Waals surface area contributed by atoms with Crippen LogP contribution in [0.3, 0.4) is 0 Å². The zero-order chi connectivity index (χ0) is 16.3. The molecule has 6 nitrogen and oxygen atoms in total. The average Bonchev–Trinajstić information content (AvgIpc) is 2.84. The standard InChI is InChI=1S/C13H13F2N3O3S/c1-6(19)10(11(20)16-2)22-13-17-8-4-3-7(21-12(14)15)5-9(8)18-13/h3-5,10,12H,1-2H3,(H,16,20)(H,17,18)/t10-/m1/s1. The van der Waals surface area contributed by atoms with Gasteiger partial charge in [-0.1, -0.05) is 11.8 Å². The molecule has 0 bridgehead atoms. The third-order valence-electron chi connectivity index (χ3n) is 2.74. The Labute approximate surface area is 128 Å². The van der Waals surface area contributed by atoms with Crippen molar-refractivity contribution in [2.24, 2.45) is 0 Å². The Morgan fingerprint density at radius 1 is 1.41 bits per heavy atom. The van der Waals surface area contributed by atoms with E-state index in [4.69, 9.17) is 0 Å². The van der Waals surface area contributed by atoms with E-state index >= 15 is 0 Å². The fourth-order valence-electron chi connectivity index (χ4n) is 1.76. The molecule has 1 atom stereocenters. The third-order valence-corrected chi connectivity index (χ3v) is 3.94. The summed E-state index contributed by atoms with van der Waals surface area (Å²) in [7, 11) is 1.44. The van der Waals surface area contributed by atoms with Crippen molar-refractivity contribution in [2.45, 2.75) is 23.9 Å². The lowest BCUT2D eigenvalue weighted by Gasteiger charge is -2.09. The molecule has 1 aromatic carbocycles. The number of aromatic nitrogens is 2. The van der Waals surface area contributed by atoms with E-state index in [9.17, 15) is 18.4 Å². The molecule has 9 heteroatoms. The van der Waals surface area contributed by atoms with Crippen LogP contribution in [0.25, 0.3) is 11.0 Å². The molecule has 22 heavy (non-hydrogen) atoms. The number of aromatic amines is 1. The van der Waals surface area contributed by atoms with Crippen LogP contribution in [0, 0.1) is 0 Å². The number of ether oxygens (including phenoxy) is 1. The van der Waals surface area contributed by atoms with Gasteiger partial charge in [-0.25, -0.2) is 4.98 Å². The zero-order valence-electron chi connectivity index (χ0n) is 11.7. The summed E-state index contributed by atoms with van der Waals surface area (Å²) in [5.74, 6) is -0.747. The Hall–Kier alpha value is -2.16. The van der Waals surface area contributed by atoms with Crippen LogP contribution in [-0.4, -0.2) is 40.6 Å². The van der Waals surface area contributed by atoms with E-state index in [-0.39, 0.29) is 11.5 Å². The van der Waals surface area contributed by atoms with E-state index in [1.165, 1.54) is 32.2 Å². The van der Waals surface area contributed by atoms with Crippen LogP contribution in [0.5, 0.6) is 5.75 Å². The molecule has 2 rings (SSSR count). The van der Waals surface area contributed by atoms with Gasteiger partial charge in [0, 0.05) is 13.1 Å². The van der Waals surface area contributed by atoms with Crippen LogP contribution in [0.1, 0.15) is 6.92 Å². The maximum absolute atomic E-state index is 12.2. The molecule has 118 valence electrons. The summed E-state index contributed by atoms with van der Waals surface area (Å²) in [6.45, 7) is -1.60. The highest BCUT2D eigenvalue weighted by molar-refractivity contribution is 8.01. The van der Waals surface area contributed by atoms with Crippen molar-refractivity contribution in [3.8, 4) is 5.75 Å². The van der Waals surface area contributed by atoms with Crippen LogP contribution in [0.4, 0.5) is 8.78 Å². The van der Waals surface area contributed by atoms with Gasteiger partial charge in [-0.2, -0.15) is 8.78 Å². The molecular weight excluding hydrogens is 316 g/mol. The van der Waals surface area contributed by atoms with Crippen molar-refractivity contribution in [2.75, 3.05) is 7.05 Å². The van der Waals surface area contributed by atoms with Gasteiger partial charge in [-0.15, -0.1) is 0 Å². The van der Waals surface area contributed by atoms with E-state index in [0.29, 0.717) is 16.2 Å². The molecule has 1 aromatic heterocycles. The number of carbonyl (C=O) groups is 2. The second kappa shape index (κ2) is 6.73. The maximum atomic E-state index is 12.2. The molecule has 0 aliphatic heterocycles. The number of ketones is 1. The monoisotopic (exact) mass is 329 g/mol. The molecule has 0 aliphatic rings. The Kier molecular flexibility index (Phi) is 4.96. The third kappa shape index (κ3) is 3.73. The number of benzene rings is 1. The quantitative estimate of drug-likeness (QED) is 0.625. The number of H-pyrrole nitrogens is 1. The second-order valence-electron chi connectivity index (χ2n) is 4.32. The van der Waals surface area contributed by atoms with Crippen LogP contribution in [0.15, 0.2) is 23.4 Å². The Morgan fingerprint density at radius 3 is 2.73 bits per heavy atom. The molecule has 1 amide bonds. The number of halogens is 2. The highest BCUT2D eigenvalue weighted by Crippen LogP contribution is 2.27. The van der Waals surface area contributed by atoms with Gasteiger partial charge in [0.15, 0.2) is 10.9 Å². The number of alkyl halides is 2. The molecule has 0 radical (unpaired) electrons. The molecule has 0 unspecified atom stereocenters. The fraction of sp³-hybridized carbons (Fsp3) is 0.308. The number of thioether (sulfide) groups is 1. The number of imidazole rings is 1. The van der Waals surface area contributed by atoms with Gasteiger partial charge >= 0.3 is 6.61 Å². The second-order valence-corrected chi connectivity index (χ2v) is 5.42. The summed E-state index contributed by atoms with van der Waals surface area (Å²) < 4.78 is 28.7. The van der Waals surface area contributed by atoms with Crippen molar-refractivity contribution in [3.63, 3.8) is 0 Å². The number of nitrogens with zero attached hydrogens (tertiary/aromatic N) is 1. The topological polar surface area (TPSA) is 84.1 Å². The SMILES string of the molecule is CNC(=O)[C@H](Sc1nc2ccc(OC(F)F)cc2[nH]1)C(C)=O. The number of hydrogen-bond donors (Lipinski definition) is 2. The van der Waals surface area contributed by atoms with E-state index < -0.39 is 17.8 Å². The first-order chi connectivity index (χ1) is 10.4. The van der Waals surface area contributed by atoms with Gasteiger partial charge in [-0.05, 0) is 19.1 Å². The van der Waals surface area contributed by atoms with Crippen molar-refractivity contribution >= 4 is 34.5 Å². The Morgan fingerprint density at radius 2 is 2.14 bits per heavy atom. The number of amides is 1. The van der Waals surface area contributed by atoms with Gasteiger partial charge in [0.25, 0.3) is 0 Å². The van der Waals surface area contributed by atoms with Crippen LogP contribution < -0.4 is 10.1 Å². The lowest BCUT2D eigenvalue weighted by molar-refractivity contribution is -0.126. The van der Waals surface area contributed by atoms with Gasteiger partial charge in [0.05, 0.1) is 11.0 Å². The summed E-state index contributed by atoms with van der Waals surface area (Å²) in [5.41, 5.74) is 0.989. The van der Waals surface area contributed by atoms with Crippen molar-refractivity contribution in [1.29, 1.82) is 0 Å². The molecule has 0 aliphatic carbocycles. The largest absolute Gasteiger partial charge is 0.435 e. The van der Waals surface area contributed by atoms with Crippen LogP contribution in [-0.2, 0) is 9.59 Å². The molecule has 2 N–H and O–H groups in total. The molecule has 0 spiro atoms. The summed E-state index contributed by atoms with van der Waals surface area (Å²) in [5, 5.41) is 1.82. The van der Waals surface area contributed by atoms with Crippen molar-refractivity contribution in [1.82, 2.24) is 15.3 Å². The summed E-state index contributed by atoms with van der Waals surface area (Å²) in [4.78, 5) is 30.2. The van der Waals surface area contributed by atoms with Crippen molar-refractivity contribution < 1.29 is 23.1 Å². The maximum Gasteiger partial charge on any atom is 0.387 e. The minimum atomic E-state index is -2.91. The zero-order valence-corrected chi connectivity index (χ0v) is 12.5. The van der Waals surface area contributed by atoms with Crippen molar-refractivity contribution in [3.05, 3.63) is 18.2 Å². The van der Waals surface area contributed by atoms with E-state index in [0.717, 1.165) is 11.8 Å². The predicted molar refractivity (Wildman–Crippen MR) is 77.1 cm³/mol. The number of hydrogen-bond acceptors (Lipinski definition) is 5.